The molecule has 1 N–H and O–H groups in total. The van der Waals surface area contributed by atoms with Gasteiger partial charge in [-0.05, 0) is 52.2 Å². The second kappa shape index (κ2) is 6.08. The third-order valence-corrected chi connectivity index (χ3v) is 4.24. The van der Waals surface area contributed by atoms with Gasteiger partial charge in [0.05, 0.1) is 6.61 Å². The molecule has 0 bridgehead atoms. The molecule has 0 amide bonds. The average Bonchev–Trinajstić information content (AvgIpc) is 2.27. The van der Waals surface area contributed by atoms with E-state index in [2.05, 4.69) is 38.0 Å². The van der Waals surface area contributed by atoms with Crippen LogP contribution in [0.3, 0.4) is 0 Å². The number of nitrogens with one attached hydrogen (secondary N) is 1. The Morgan fingerprint density at radius 3 is 2.33 bits per heavy atom. The van der Waals surface area contributed by atoms with Gasteiger partial charge in [-0.2, -0.15) is 0 Å². The fourth-order valence-electron chi connectivity index (χ4n) is 2.83. The standard InChI is InChI=1S/C14H28N2O.ClH/c1-13(2)10-15-14(3,17-11-13)9-12-5-7-16(4)8-6-12;/h12,15H,5-11H2,1-4H3;1H. The molecule has 3 nitrogen and oxygen atoms in total. The summed E-state index contributed by atoms with van der Waals surface area (Å²) in [7, 11) is 2.22. The summed E-state index contributed by atoms with van der Waals surface area (Å²) in [6, 6.07) is 0. The van der Waals surface area contributed by atoms with Gasteiger partial charge in [-0.15, -0.1) is 12.4 Å². The Balaban J connectivity index is 0.00000162. The lowest BCUT2D eigenvalue weighted by Gasteiger charge is -2.45. The fourth-order valence-corrected chi connectivity index (χ4v) is 2.83. The van der Waals surface area contributed by atoms with Crippen molar-refractivity contribution in [3.05, 3.63) is 0 Å². The van der Waals surface area contributed by atoms with Crippen LogP contribution in [-0.4, -0.2) is 43.9 Å². The summed E-state index contributed by atoms with van der Waals surface area (Å²) in [5.41, 5.74) is 0.197. The highest BCUT2D eigenvalue weighted by molar-refractivity contribution is 5.85. The zero-order chi connectivity index (χ0) is 12.5. The van der Waals surface area contributed by atoms with Gasteiger partial charge in [0.1, 0.15) is 5.72 Å². The molecule has 0 spiro atoms. The van der Waals surface area contributed by atoms with E-state index in [1.165, 1.54) is 25.9 Å². The summed E-state index contributed by atoms with van der Waals surface area (Å²) in [6.45, 7) is 11.2. The van der Waals surface area contributed by atoms with Crippen LogP contribution in [0.2, 0.25) is 0 Å². The van der Waals surface area contributed by atoms with E-state index in [-0.39, 0.29) is 23.5 Å². The van der Waals surface area contributed by atoms with Crippen molar-refractivity contribution in [1.82, 2.24) is 10.2 Å². The molecule has 2 fully saturated rings. The number of rotatable bonds is 2. The van der Waals surface area contributed by atoms with Crippen LogP contribution in [0.15, 0.2) is 0 Å². The Morgan fingerprint density at radius 2 is 1.83 bits per heavy atom. The maximum Gasteiger partial charge on any atom is 0.116 e. The third kappa shape index (κ3) is 4.37. The van der Waals surface area contributed by atoms with Gasteiger partial charge in [-0.1, -0.05) is 13.8 Å². The topological polar surface area (TPSA) is 24.5 Å². The first-order valence-electron chi connectivity index (χ1n) is 6.96. The van der Waals surface area contributed by atoms with Crippen LogP contribution in [0.1, 0.15) is 40.0 Å². The largest absolute Gasteiger partial charge is 0.360 e. The van der Waals surface area contributed by atoms with Crippen LogP contribution < -0.4 is 5.32 Å². The van der Waals surface area contributed by atoms with Crippen LogP contribution in [0.4, 0.5) is 0 Å². The Bertz CT molecular complexity index is 253. The summed E-state index contributed by atoms with van der Waals surface area (Å²) in [4.78, 5) is 2.43. The molecule has 0 radical (unpaired) electrons. The highest BCUT2D eigenvalue weighted by Crippen LogP contribution is 2.31. The van der Waals surface area contributed by atoms with Crippen molar-refractivity contribution in [3.63, 3.8) is 0 Å². The zero-order valence-corrected chi connectivity index (χ0v) is 13.1. The number of likely N-dealkylation sites (tertiary alicyclic amines) is 1. The quantitative estimate of drug-likeness (QED) is 0.839. The molecular weight excluding hydrogens is 248 g/mol. The molecular formula is C14H29ClN2O. The van der Waals surface area contributed by atoms with E-state index < -0.39 is 0 Å². The van der Waals surface area contributed by atoms with Crippen LogP contribution in [0, 0.1) is 11.3 Å². The first kappa shape index (κ1) is 16.2. The number of hydrogen-bond acceptors (Lipinski definition) is 3. The van der Waals surface area contributed by atoms with Gasteiger partial charge in [-0.3, -0.25) is 5.32 Å². The minimum atomic E-state index is -0.0872. The predicted molar refractivity (Wildman–Crippen MR) is 78.2 cm³/mol. The first-order valence-corrected chi connectivity index (χ1v) is 6.96. The number of hydrogen-bond donors (Lipinski definition) is 1. The van der Waals surface area contributed by atoms with E-state index in [1.807, 2.05) is 0 Å². The summed E-state index contributed by atoms with van der Waals surface area (Å²) in [6.07, 6.45) is 3.80. The van der Waals surface area contributed by atoms with Crippen molar-refractivity contribution < 1.29 is 4.74 Å². The van der Waals surface area contributed by atoms with Gasteiger partial charge in [-0.25, -0.2) is 0 Å². The number of halogens is 1. The number of piperidine rings is 1. The first-order chi connectivity index (χ1) is 7.89. The van der Waals surface area contributed by atoms with E-state index in [9.17, 15) is 0 Å². The Morgan fingerprint density at radius 1 is 1.22 bits per heavy atom. The normalized spacial score (nSPS) is 34.0. The fraction of sp³-hybridized carbons (Fsp3) is 1.00. The van der Waals surface area contributed by atoms with E-state index in [4.69, 9.17) is 4.74 Å². The summed E-state index contributed by atoms with van der Waals surface area (Å²) >= 11 is 0. The maximum absolute atomic E-state index is 6.09. The molecule has 0 aliphatic carbocycles. The molecule has 1 unspecified atom stereocenters. The predicted octanol–water partition coefficient (Wildman–Crippen LogP) is 2.50. The Labute approximate surface area is 118 Å². The minimum absolute atomic E-state index is 0. The molecule has 0 aromatic heterocycles. The van der Waals surface area contributed by atoms with Crippen LogP contribution in [0.25, 0.3) is 0 Å². The second-order valence-electron chi connectivity index (χ2n) is 6.99. The molecule has 1 atom stereocenters. The lowest BCUT2D eigenvalue weighted by atomic mass is 9.86. The lowest BCUT2D eigenvalue weighted by Crippen LogP contribution is -2.56. The smallest absolute Gasteiger partial charge is 0.116 e. The molecule has 2 aliphatic heterocycles. The molecule has 2 rings (SSSR count). The van der Waals surface area contributed by atoms with Crippen molar-refractivity contribution in [2.75, 3.05) is 33.3 Å². The molecule has 0 saturated carbocycles. The molecule has 108 valence electrons. The van der Waals surface area contributed by atoms with Crippen molar-refractivity contribution in [1.29, 1.82) is 0 Å². The maximum atomic E-state index is 6.09. The molecule has 2 saturated heterocycles. The summed E-state index contributed by atoms with van der Waals surface area (Å²) in [5, 5.41) is 3.61. The van der Waals surface area contributed by atoms with E-state index >= 15 is 0 Å². The van der Waals surface area contributed by atoms with E-state index in [1.54, 1.807) is 0 Å². The van der Waals surface area contributed by atoms with Crippen LogP contribution in [-0.2, 0) is 4.74 Å². The summed E-state index contributed by atoms with van der Waals surface area (Å²) < 4.78 is 6.09. The van der Waals surface area contributed by atoms with Crippen molar-refractivity contribution >= 4 is 12.4 Å². The average molecular weight is 277 g/mol. The van der Waals surface area contributed by atoms with Crippen molar-refractivity contribution in [3.8, 4) is 0 Å². The Hall–Kier alpha value is 0.170. The van der Waals surface area contributed by atoms with Crippen LogP contribution >= 0.6 is 12.4 Å². The van der Waals surface area contributed by atoms with E-state index in [0.717, 1.165) is 25.5 Å². The molecule has 18 heavy (non-hydrogen) atoms. The lowest BCUT2D eigenvalue weighted by molar-refractivity contribution is -0.138. The monoisotopic (exact) mass is 276 g/mol. The van der Waals surface area contributed by atoms with Crippen LogP contribution in [0.5, 0.6) is 0 Å². The third-order valence-electron chi connectivity index (χ3n) is 4.24. The van der Waals surface area contributed by atoms with E-state index in [0.29, 0.717) is 0 Å². The number of nitrogens with zero attached hydrogens (tertiary/aromatic N) is 1. The van der Waals surface area contributed by atoms with Gasteiger partial charge < -0.3 is 9.64 Å². The molecule has 4 heteroatoms. The van der Waals surface area contributed by atoms with Gasteiger partial charge in [0.25, 0.3) is 0 Å². The second-order valence-corrected chi connectivity index (χ2v) is 6.99. The highest BCUT2D eigenvalue weighted by atomic mass is 35.5. The molecule has 2 aliphatic rings. The molecule has 0 aromatic rings. The highest BCUT2D eigenvalue weighted by Gasteiger charge is 2.37. The number of ether oxygens (including phenoxy) is 1. The molecule has 0 aromatic carbocycles. The van der Waals surface area contributed by atoms with Gasteiger partial charge in [0.15, 0.2) is 0 Å². The Kier molecular flexibility index (Phi) is 5.48. The van der Waals surface area contributed by atoms with Crippen molar-refractivity contribution in [2.24, 2.45) is 11.3 Å². The van der Waals surface area contributed by atoms with Gasteiger partial charge in [0.2, 0.25) is 0 Å². The van der Waals surface area contributed by atoms with Gasteiger partial charge in [0, 0.05) is 12.0 Å². The SMILES string of the molecule is CN1CCC(CC2(C)NCC(C)(C)CO2)CC1.Cl. The summed E-state index contributed by atoms with van der Waals surface area (Å²) in [5.74, 6) is 0.824. The van der Waals surface area contributed by atoms with Gasteiger partial charge >= 0.3 is 0 Å². The minimum Gasteiger partial charge on any atom is -0.360 e. The van der Waals surface area contributed by atoms with Crippen molar-refractivity contribution in [2.45, 2.75) is 45.8 Å². The zero-order valence-electron chi connectivity index (χ0n) is 12.3. The molecule has 2 heterocycles.